The third kappa shape index (κ3) is 2.68. The van der Waals surface area contributed by atoms with Crippen LogP contribution in [-0.4, -0.2) is 43.0 Å². The average Bonchev–Trinajstić information content (AvgIpc) is 2.43. The Kier molecular flexibility index (Phi) is 3.71. The summed E-state index contributed by atoms with van der Waals surface area (Å²) >= 11 is 0. The van der Waals surface area contributed by atoms with Gasteiger partial charge in [0, 0.05) is 25.2 Å². The summed E-state index contributed by atoms with van der Waals surface area (Å²) in [6.07, 6.45) is 0. The molecule has 0 aliphatic carbocycles. The number of nitrogens with two attached hydrogens (primary N) is 1. The number of carbonyl (C=O) groups excluding carboxylic acids is 2. The number of rotatable bonds is 3. The van der Waals surface area contributed by atoms with E-state index in [1.54, 1.807) is 30.1 Å². The molecule has 0 spiro atoms. The van der Waals surface area contributed by atoms with Gasteiger partial charge in [0.25, 0.3) is 11.8 Å². The Labute approximate surface area is 111 Å². The monoisotopic (exact) mass is 263 g/mol. The zero-order valence-corrected chi connectivity index (χ0v) is 11.0. The van der Waals surface area contributed by atoms with Gasteiger partial charge in [-0.05, 0) is 25.1 Å². The Morgan fingerprint density at radius 2 is 2.32 bits per heavy atom. The number of nitrogens with one attached hydrogen (secondary N) is 1. The molecule has 0 saturated heterocycles. The molecule has 3 N–H and O–H groups in total. The lowest BCUT2D eigenvalue weighted by Crippen LogP contribution is -2.39. The third-order valence-electron chi connectivity index (χ3n) is 3.18. The molecule has 1 aliphatic rings. The van der Waals surface area contributed by atoms with E-state index in [4.69, 9.17) is 10.5 Å². The highest BCUT2D eigenvalue weighted by molar-refractivity contribution is 5.99. The predicted octanol–water partition coefficient (Wildman–Crippen LogP) is 0.437. The van der Waals surface area contributed by atoms with Crippen LogP contribution in [0, 0.1) is 0 Å². The third-order valence-corrected chi connectivity index (χ3v) is 3.18. The minimum absolute atomic E-state index is 0.00437. The molecule has 0 aromatic heterocycles. The fourth-order valence-electron chi connectivity index (χ4n) is 1.78. The summed E-state index contributed by atoms with van der Waals surface area (Å²) < 4.78 is 5.24. The van der Waals surface area contributed by atoms with Gasteiger partial charge in [-0.3, -0.25) is 9.59 Å². The fourth-order valence-corrected chi connectivity index (χ4v) is 1.78. The lowest BCUT2D eigenvalue weighted by atomic mass is 10.1. The zero-order chi connectivity index (χ0) is 14.0. The summed E-state index contributed by atoms with van der Waals surface area (Å²) in [6.45, 7) is 2.28. The molecule has 1 atom stereocenters. The molecule has 0 radical (unpaired) electrons. The number of likely N-dealkylation sites (N-methyl/N-ethyl adjacent to an activating group) is 1. The van der Waals surface area contributed by atoms with Crippen LogP contribution in [0.2, 0.25) is 0 Å². The van der Waals surface area contributed by atoms with Gasteiger partial charge in [-0.25, -0.2) is 0 Å². The summed E-state index contributed by atoms with van der Waals surface area (Å²) in [4.78, 5) is 25.1. The van der Waals surface area contributed by atoms with Crippen molar-refractivity contribution in [3.63, 3.8) is 0 Å². The highest BCUT2D eigenvalue weighted by Crippen LogP contribution is 2.28. The lowest BCUT2D eigenvalue weighted by molar-refractivity contribution is -0.118. The first-order chi connectivity index (χ1) is 9.02. The normalized spacial score (nSPS) is 15.0. The SMILES string of the molecule is CC(CN)N(C)C(=O)c1ccc2c(c1)NC(=O)CO2. The molecule has 2 rings (SSSR count). The molecule has 6 heteroatoms. The van der Waals surface area contributed by atoms with Gasteiger partial charge in [0.15, 0.2) is 6.61 Å². The van der Waals surface area contributed by atoms with Crippen molar-refractivity contribution in [2.24, 2.45) is 5.73 Å². The molecule has 1 aromatic carbocycles. The predicted molar refractivity (Wildman–Crippen MR) is 71.2 cm³/mol. The van der Waals surface area contributed by atoms with Crippen molar-refractivity contribution in [1.29, 1.82) is 0 Å². The number of hydrogen-bond acceptors (Lipinski definition) is 4. The van der Waals surface area contributed by atoms with Crippen molar-refractivity contribution in [1.82, 2.24) is 4.90 Å². The minimum Gasteiger partial charge on any atom is -0.482 e. The van der Waals surface area contributed by atoms with Crippen molar-refractivity contribution in [2.45, 2.75) is 13.0 Å². The van der Waals surface area contributed by atoms with Crippen LogP contribution in [-0.2, 0) is 4.79 Å². The van der Waals surface area contributed by atoms with E-state index in [0.29, 0.717) is 23.5 Å². The Morgan fingerprint density at radius 1 is 1.58 bits per heavy atom. The maximum Gasteiger partial charge on any atom is 0.262 e. The lowest BCUT2D eigenvalue weighted by Gasteiger charge is -2.24. The Bertz CT molecular complexity index is 516. The maximum atomic E-state index is 12.2. The molecule has 19 heavy (non-hydrogen) atoms. The second-order valence-corrected chi connectivity index (χ2v) is 4.55. The van der Waals surface area contributed by atoms with Gasteiger partial charge in [-0.1, -0.05) is 0 Å². The quantitative estimate of drug-likeness (QED) is 0.828. The summed E-state index contributed by atoms with van der Waals surface area (Å²) in [5.74, 6) is 0.215. The molecule has 102 valence electrons. The summed E-state index contributed by atoms with van der Waals surface area (Å²) in [6, 6.07) is 4.94. The van der Waals surface area contributed by atoms with E-state index in [0.717, 1.165) is 0 Å². The molecule has 0 bridgehead atoms. The first-order valence-electron chi connectivity index (χ1n) is 6.07. The van der Waals surface area contributed by atoms with Gasteiger partial charge in [0.1, 0.15) is 5.75 Å². The van der Waals surface area contributed by atoms with E-state index in [2.05, 4.69) is 5.32 Å². The van der Waals surface area contributed by atoms with Gasteiger partial charge < -0.3 is 20.7 Å². The van der Waals surface area contributed by atoms with Crippen LogP contribution in [0.15, 0.2) is 18.2 Å². The molecule has 1 unspecified atom stereocenters. The molecule has 1 heterocycles. The number of hydrogen-bond donors (Lipinski definition) is 2. The second-order valence-electron chi connectivity index (χ2n) is 4.55. The molecule has 2 amide bonds. The van der Waals surface area contributed by atoms with Gasteiger partial charge in [-0.15, -0.1) is 0 Å². The number of amides is 2. The van der Waals surface area contributed by atoms with Crippen LogP contribution < -0.4 is 15.8 Å². The topological polar surface area (TPSA) is 84.7 Å². The first-order valence-corrected chi connectivity index (χ1v) is 6.07. The van der Waals surface area contributed by atoms with E-state index in [9.17, 15) is 9.59 Å². The van der Waals surface area contributed by atoms with Crippen LogP contribution in [0.5, 0.6) is 5.75 Å². The first kappa shape index (κ1) is 13.4. The van der Waals surface area contributed by atoms with Crippen molar-refractivity contribution in [3.05, 3.63) is 23.8 Å². The molecule has 6 nitrogen and oxygen atoms in total. The number of benzene rings is 1. The minimum atomic E-state index is -0.222. The molecular formula is C13H17N3O3. The van der Waals surface area contributed by atoms with E-state index in [-0.39, 0.29) is 24.5 Å². The van der Waals surface area contributed by atoms with Crippen LogP contribution in [0.1, 0.15) is 17.3 Å². The van der Waals surface area contributed by atoms with Crippen molar-refractivity contribution in [3.8, 4) is 5.75 Å². The number of fused-ring (bicyclic) bond motifs is 1. The average molecular weight is 263 g/mol. The van der Waals surface area contributed by atoms with Gasteiger partial charge >= 0.3 is 0 Å². The molecular weight excluding hydrogens is 246 g/mol. The zero-order valence-electron chi connectivity index (χ0n) is 11.0. The largest absolute Gasteiger partial charge is 0.482 e. The van der Waals surface area contributed by atoms with Crippen molar-refractivity contribution < 1.29 is 14.3 Å². The maximum absolute atomic E-state index is 12.2. The number of anilines is 1. The number of nitrogens with zero attached hydrogens (tertiary/aromatic N) is 1. The number of carbonyl (C=O) groups is 2. The highest BCUT2D eigenvalue weighted by atomic mass is 16.5. The van der Waals surface area contributed by atoms with E-state index < -0.39 is 0 Å². The Morgan fingerprint density at radius 3 is 3.00 bits per heavy atom. The fraction of sp³-hybridized carbons (Fsp3) is 0.385. The Balaban J connectivity index is 2.24. The van der Waals surface area contributed by atoms with E-state index in [1.165, 1.54) is 0 Å². The summed E-state index contributed by atoms with van der Waals surface area (Å²) in [7, 11) is 1.70. The standard InChI is InChI=1S/C13H17N3O3/c1-8(6-14)16(2)13(18)9-3-4-11-10(5-9)15-12(17)7-19-11/h3-5,8H,6-7,14H2,1-2H3,(H,15,17). The van der Waals surface area contributed by atoms with Gasteiger partial charge in [-0.2, -0.15) is 0 Å². The second kappa shape index (κ2) is 5.27. The summed E-state index contributed by atoms with van der Waals surface area (Å²) in [5.41, 5.74) is 6.56. The van der Waals surface area contributed by atoms with Crippen LogP contribution in [0.4, 0.5) is 5.69 Å². The van der Waals surface area contributed by atoms with E-state index >= 15 is 0 Å². The number of ether oxygens (including phenoxy) is 1. The molecule has 0 fully saturated rings. The van der Waals surface area contributed by atoms with Gasteiger partial charge in [0.05, 0.1) is 5.69 Å². The van der Waals surface area contributed by atoms with Crippen molar-refractivity contribution in [2.75, 3.05) is 25.5 Å². The highest BCUT2D eigenvalue weighted by Gasteiger charge is 2.20. The molecule has 1 aliphatic heterocycles. The van der Waals surface area contributed by atoms with Crippen LogP contribution in [0.25, 0.3) is 0 Å². The van der Waals surface area contributed by atoms with Crippen LogP contribution in [0.3, 0.4) is 0 Å². The summed E-state index contributed by atoms with van der Waals surface area (Å²) in [5, 5.41) is 2.68. The smallest absolute Gasteiger partial charge is 0.262 e. The Hall–Kier alpha value is -2.08. The molecule has 0 saturated carbocycles. The van der Waals surface area contributed by atoms with Crippen LogP contribution >= 0.6 is 0 Å². The van der Waals surface area contributed by atoms with Gasteiger partial charge in [0.2, 0.25) is 0 Å². The molecule has 1 aromatic rings. The van der Waals surface area contributed by atoms with E-state index in [1.807, 2.05) is 6.92 Å². The van der Waals surface area contributed by atoms with Crippen molar-refractivity contribution >= 4 is 17.5 Å².